The first-order valence-electron chi connectivity index (χ1n) is 5.60. The topological polar surface area (TPSA) is 111 Å². The molecule has 0 aliphatic heterocycles. The third-order valence-corrected chi connectivity index (χ3v) is 1.98. The number of nitrogens with two attached hydrogens (primary N) is 1. The van der Waals surface area contributed by atoms with E-state index in [4.69, 9.17) is 15.6 Å². The van der Waals surface area contributed by atoms with E-state index in [1.54, 1.807) is 0 Å². The molecule has 0 heterocycles. The molecule has 0 aromatic rings. The summed E-state index contributed by atoms with van der Waals surface area (Å²) in [4.78, 5) is 22.6. The predicted molar refractivity (Wildman–Crippen MR) is 64.7 cm³/mol. The van der Waals surface area contributed by atoms with Gasteiger partial charge in [0.25, 0.3) is 0 Å². The molecule has 106 valence electrons. The van der Waals surface area contributed by atoms with Gasteiger partial charge in [0.05, 0.1) is 13.7 Å². The molecule has 7 heteroatoms. The zero-order valence-corrected chi connectivity index (χ0v) is 11.2. The molecule has 0 spiro atoms. The van der Waals surface area contributed by atoms with Crippen LogP contribution in [0.4, 0.5) is 0 Å². The summed E-state index contributed by atoms with van der Waals surface area (Å²) in [7, 11) is 1.20. The van der Waals surface area contributed by atoms with Crippen LogP contribution in [0.25, 0.3) is 0 Å². The van der Waals surface area contributed by atoms with E-state index in [1.807, 2.05) is 20.8 Å². The molecule has 0 rings (SSSR count). The van der Waals surface area contributed by atoms with E-state index in [0.29, 0.717) is 0 Å². The van der Waals surface area contributed by atoms with Crippen molar-refractivity contribution < 1.29 is 24.2 Å². The summed E-state index contributed by atoms with van der Waals surface area (Å²) in [6, 6.07) is -1.87. The van der Waals surface area contributed by atoms with Crippen LogP contribution in [0, 0.1) is 0 Å². The number of carbonyl (C=O) groups excluding carboxylic acids is 2. The van der Waals surface area contributed by atoms with Gasteiger partial charge < -0.3 is 20.3 Å². The number of esters is 2. The SMILES string of the molecule is COC(=O)[C@@H](N)COC(=O)[C@@H](CO)NC(C)(C)C. The lowest BCUT2D eigenvalue weighted by Gasteiger charge is -2.26. The number of ether oxygens (including phenoxy) is 2. The van der Waals surface area contributed by atoms with Crippen molar-refractivity contribution in [2.75, 3.05) is 20.3 Å². The van der Waals surface area contributed by atoms with Crippen LogP contribution in [0.1, 0.15) is 20.8 Å². The van der Waals surface area contributed by atoms with Crippen LogP contribution in [-0.2, 0) is 19.1 Å². The lowest BCUT2D eigenvalue weighted by atomic mass is 10.1. The minimum atomic E-state index is -1.02. The second-order valence-electron chi connectivity index (χ2n) is 4.89. The minimum absolute atomic E-state index is 0.284. The van der Waals surface area contributed by atoms with E-state index < -0.39 is 30.6 Å². The number of aliphatic hydroxyl groups excluding tert-OH is 1. The summed E-state index contributed by atoms with van der Waals surface area (Å²) in [5, 5.41) is 12.0. The number of hydrogen-bond acceptors (Lipinski definition) is 7. The van der Waals surface area contributed by atoms with E-state index >= 15 is 0 Å². The monoisotopic (exact) mass is 262 g/mol. The second kappa shape index (κ2) is 7.30. The first-order chi connectivity index (χ1) is 8.21. The average Bonchev–Trinajstić information content (AvgIpc) is 2.30. The minimum Gasteiger partial charge on any atom is -0.468 e. The van der Waals surface area contributed by atoms with E-state index in [-0.39, 0.29) is 12.1 Å². The molecule has 0 aromatic carbocycles. The molecule has 0 unspecified atom stereocenters. The Morgan fingerprint density at radius 3 is 2.28 bits per heavy atom. The van der Waals surface area contributed by atoms with Crippen molar-refractivity contribution in [2.24, 2.45) is 5.73 Å². The van der Waals surface area contributed by atoms with Crippen molar-refractivity contribution in [2.45, 2.75) is 38.4 Å². The lowest BCUT2D eigenvalue weighted by Crippen LogP contribution is -2.51. The smallest absolute Gasteiger partial charge is 0.326 e. The molecule has 0 saturated carbocycles. The Balaban J connectivity index is 4.25. The molecule has 0 aliphatic carbocycles. The Labute approximate surface area is 107 Å². The third kappa shape index (κ3) is 6.53. The van der Waals surface area contributed by atoms with Crippen molar-refractivity contribution in [3.8, 4) is 0 Å². The normalized spacial score (nSPS) is 14.8. The van der Waals surface area contributed by atoms with E-state index in [0.717, 1.165) is 0 Å². The second-order valence-corrected chi connectivity index (χ2v) is 4.89. The van der Waals surface area contributed by atoms with Crippen molar-refractivity contribution in [3.05, 3.63) is 0 Å². The molecule has 0 bridgehead atoms. The molecule has 0 saturated heterocycles. The van der Waals surface area contributed by atoms with Gasteiger partial charge in [0.15, 0.2) is 0 Å². The van der Waals surface area contributed by atoms with Crippen LogP contribution < -0.4 is 11.1 Å². The van der Waals surface area contributed by atoms with Crippen LogP contribution in [0.15, 0.2) is 0 Å². The molecule has 0 fully saturated rings. The first-order valence-corrected chi connectivity index (χ1v) is 5.60. The fraction of sp³-hybridized carbons (Fsp3) is 0.818. The maximum absolute atomic E-state index is 11.6. The first kappa shape index (κ1) is 16.8. The summed E-state index contributed by atoms with van der Waals surface area (Å²) in [6.07, 6.45) is 0. The largest absolute Gasteiger partial charge is 0.468 e. The number of rotatable bonds is 6. The zero-order valence-electron chi connectivity index (χ0n) is 11.2. The summed E-state index contributed by atoms with van der Waals surface area (Å²) in [5.41, 5.74) is 5.06. The highest BCUT2D eigenvalue weighted by molar-refractivity contribution is 5.78. The van der Waals surface area contributed by atoms with Gasteiger partial charge in [0.2, 0.25) is 0 Å². The highest BCUT2D eigenvalue weighted by Gasteiger charge is 2.25. The molecule has 0 radical (unpaired) electrons. The van der Waals surface area contributed by atoms with Crippen molar-refractivity contribution in [3.63, 3.8) is 0 Å². The molecular formula is C11H22N2O5. The van der Waals surface area contributed by atoms with Crippen LogP contribution >= 0.6 is 0 Å². The van der Waals surface area contributed by atoms with Gasteiger partial charge in [0.1, 0.15) is 18.7 Å². The fourth-order valence-corrected chi connectivity index (χ4v) is 1.19. The number of methoxy groups -OCH3 is 1. The summed E-state index contributed by atoms with van der Waals surface area (Å²) in [5.74, 6) is -1.32. The Morgan fingerprint density at radius 2 is 1.89 bits per heavy atom. The highest BCUT2D eigenvalue weighted by atomic mass is 16.5. The maximum Gasteiger partial charge on any atom is 0.326 e. The Bertz CT molecular complexity index is 288. The van der Waals surface area contributed by atoms with E-state index in [1.165, 1.54) is 7.11 Å². The fourth-order valence-electron chi connectivity index (χ4n) is 1.19. The summed E-state index contributed by atoms with van der Waals surface area (Å²) in [6.45, 7) is 4.87. The molecule has 0 aromatic heterocycles. The standard InChI is InChI=1S/C11H22N2O5/c1-11(2,3)13-8(5-14)10(16)18-6-7(12)9(15)17-4/h7-8,13-14H,5-6,12H2,1-4H3/t7-,8+/m0/s1. The van der Waals surface area contributed by atoms with Gasteiger partial charge in [0, 0.05) is 5.54 Å². The van der Waals surface area contributed by atoms with Gasteiger partial charge in [-0.15, -0.1) is 0 Å². The number of nitrogens with one attached hydrogen (secondary N) is 1. The molecule has 18 heavy (non-hydrogen) atoms. The van der Waals surface area contributed by atoms with Gasteiger partial charge >= 0.3 is 11.9 Å². The lowest BCUT2D eigenvalue weighted by molar-refractivity contribution is -0.152. The van der Waals surface area contributed by atoms with Crippen LogP contribution in [0.5, 0.6) is 0 Å². The van der Waals surface area contributed by atoms with Gasteiger partial charge in [-0.05, 0) is 20.8 Å². The number of aliphatic hydroxyl groups is 1. The number of carbonyl (C=O) groups is 2. The Morgan fingerprint density at radius 1 is 1.33 bits per heavy atom. The summed E-state index contributed by atoms with van der Waals surface area (Å²) < 4.78 is 9.23. The Hall–Kier alpha value is -1.18. The quantitative estimate of drug-likeness (QED) is 0.514. The van der Waals surface area contributed by atoms with Crippen LogP contribution in [0.2, 0.25) is 0 Å². The molecule has 0 aliphatic rings. The third-order valence-electron chi connectivity index (χ3n) is 1.98. The van der Waals surface area contributed by atoms with Gasteiger partial charge in [-0.1, -0.05) is 0 Å². The molecule has 4 N–H and O–H groups in total. The maximum atomic E-state index is 11.6. The van der Waals surface area contributed by atoms with Gasteiger partial charge in [-0.3, -0.25) is 14.9 Å². The molecule has 2 atom stereocenters. The molecular weight excluding hydrogens is 240 g/mol. The summed E-state index contributed by atoms with van der Waals surface area (Å²) >= 11 is 0. The molecule has 0 amide bonds. The Kier molecular flexibility index (Phi) is 6.82. The highest BCUT2D eigenvalue weighted by Crippen LogP contribution is 2.02. The zero-order chi connectivity index (χ0) is 14.3. The average molecular weight is 262 g/mol. The van der Waals surface area contributed by atoms with E-state index in [9.17, 15) is 9.59 Å². The van der Waals surface area contributed by atoms with Crippen molar-refractivity contribution >= 4 is 11.9 Å². The van der Waals surface area contributed by atoms with Crippen LogP contribution in [0.3, 0.4) is 0 Å². The van der Waals surface area contributed by atoms with E-state index in [2.05, 4.69) is 10.1 Å². The van der Waals surface area contributed by atoms with Crippen molar-refractivity contribution in [1.82, 2.24) is 5.32 Å². The van der Waals surface area contributed by atoms with Crippen molar-refractivity contribution in [1.29, 1.82) is 0 Å². The van der Waals surface area contributed by atoms with Gasteiger partial charge in [-0.2, -0.15) is 0 Å². The van der Waals surface area contributed by atoms with Crippen LogP contribution in [-0.4, -0.2) is 55.0 Å². The van der Waals surface area contributed by atoms with Gasteiger partial charge in [-0.25, -0.2) is 0 Å². The number of hydrogen-bond donors (Lipinski definition) is 3. The predicted octanol–water partition coefficient (Wildman–Crippen LogP) is -1.22. The molecule has 7 nitrogen and oxygen atoms in total.